The van der Waals surface area contributed by atoms with Crippen molar-refractivity contribution in [3.05, 3.63) is 0 Å². The van der Waals surface area contributed by atoms with Gasteiger partial charge in [-0.15, -0.1) is 0 Å². The molecule has 1 fully saturated rings. The van der Waals surface area contributed by atoms with E-state index < -0.39 is 0 Å². The van der Waals surface area contributed by atoms with Gasteiger partial charge in [0.1, 0.15) is 0 Å². The summed E-state index contributed by atoms with van der Waals surface area (Å²) >= 11 is 0. The highest BCUT2D eigenvalue weighted by Gasteiger charge is 2.20. The van der Waals surface area contributed by atoms with Crippen LogP contribution in [-0.2, 0) is 4.74 Å². The second-order valence-corrected chi connectivity index (χ2v) is 5.49. The van der Waals surface area contributed by atoms with E-state index in [1.807, 2.05) is 0 Å². The Morgan fingerprint density at radius 3 is 2.53 bits per heavy atom. The van der Waals surface area contributed by atoms with E-state index in [4.69, 9.17) is 4.74 Å². The summed E-state index contributed by atoms with van der Waals surface area (Å²) in [6, 6.07) is 0.838. The van der Waals surface area contributed by atoms with Crippen molar-refractivity contribution < 1.29 is 4.74 Å². The first kappa shape index (κ1) is 14.9. The van der Waals surface area contributed by atoms with E-state index in [2.05, 4.69) is 24.2 Å². The molecule has 0 aromatic carbocycles. The third kappa shape index (κ3) is 6.39. The molecule has 0 saturated heterocycles. The first-order valence-corrected chi connectivity index (χ1v) is 7.14. The zero-order valence-electron chi connectivity index (χ0n) is 11.9. The number of rotatable bonds is 8. The fraction of sp³-hybridized carbons (Fsp3) is 1.00. The van der Waals surface area contributed by atoms with Gasteiger partial charge in [-0.05, 0) is 58.2 Å². The van der Waals surface area contributed by atoms with Gasteiger partial charge in [-0.2, -0.15) is 0 Å². The molecule has 0 spiro atoms. The lowest BCUT2D eigenvalue weighted by molar-refractivity contribution is 0.167. The molecule has 0 amide bonds. The lowest BCUT2D eigenvalue weighted by Crippen LogP contribution is -2.36. The molecule has 3 nitrogen and oxygen atoms in total. The second-order valence-electron chi connectivity index (χ2n) is 5.49. The molecule has 0 aromatic heterocycles. The van der Waals surface area contributed by atoms with Crippen molar-refractivity contribution in [1.29, 1.82) is 0 Å². The molecule has 3 heteroatoms. The van der Waals surface area contributed by atoms with Gasteiger partial charge >= 0.3 is 0 Å². The Morgan fingerprint density at radius 1 is 1.18 bits per heavy atom. The minimum absolute atomic E-state index is 0.816. The van der Waals surface area contributed by atoms with E-state index in [1.165, 1.54) is 38.6 Å². The lowest BCUT2D eigenvalue weighted by Gasteiger charge is -2.33. The van der Waals surface area contributed by atoms with Crippen LogP contribution in [0.15, 0.2) is 0 Å². The van der Waals surface area contributed by atoms with Crippen LogP contribution in [0.5, 0.6) is 0 Å². The predicted molar refractivity (Wildman–Crippen MR) is 73.4 cm³/mol. The van der Waals surface area contributed by atoms with Gasteiger partial charge in [0, 0.05) is 19.7 Å². The third-order valence-corrected chi connectivity index (χ3v) is 3.96. The topological polar surface area (TPSA) is 24.5 Å². The molecule has 1 saturated carbocycles. The summed E-state index contributed by atoms with van der Waals surface area (Å²) in [5, 5.41) is 3.40. The fourth-order valence-corrected chi connectivity index (χ4v) is 2.62. The molecule has 1 N–H and O–H groups in total. The van der Waals surface area contributed by atoms with Crippen molar-refractivity contribution in [2.24, 2.45) is 5.92 Å². The largest absolute Gasteiger partial charge is 0.383 e. The fourth-order valence-electron chi connectivity index (χ4n) is 2.62. The molecule has 102 valence electrons. The van der Waals surface area contributed by atoms with Gasteiger partial charge < -0.3 is 15.0 Å². The summed E-state index contributed by atoms with van der Waals surface area (Å²) in [6.07, 6.45) is 6.87. The number of hydrogen-bond donors (Lipinski definition) is 1. The summed E-state index contributed by atoms with van der Waals surface area (Å²) in [6.45, 7) is 6.50. The van der Waals surface area contributed by atoms with Gasteiger partial charge in [0.2, 0.25) is 0 Å². The van der Waals surface area contributed by atoms with Gasteiger partial charge in [0.15, 0.2) is 0 Å². The summed E-state index contributed by atoms with van der Waals surface area (Å²) < 4.78 is 5.00. The molecule has 17 heavy (non-hydrogen) atoms. The third-order valence-electron chi connectivity index (χ3n) is 3.96. The van der Waals surface area contributed by atoms with Crippen molar-refractivity contribution >= 4 is 0 Å². The Balaban J connectivity index is 1.99. The quantitative estimate of drug-likeness (QED) is 0.660. The molecule has 1 rings (SSSR count). The molecular weight excluding hydrogens is 212 g/mol. The second kappa shape index (κ2) is 8.90. The Kier molecular flexibility index (Phi) is 7.82. The Bertz CT molecular complexity index is 179. The number of methoxy groups -OCH3 is 1. The minimum atomic E-state index is 0.816. The van der Waals surface area contributed by atoms with E-state index >= 15 is 0 Å². The SMILES string of the molecule is COCCNCCCN(C)C1CCC(C)CC1. The monoisotopic (exact) mass is 242 g/mol. The molecule has 1 aliphatic rings. The van der Waals surface area contributed by atoms with Crippen molar-refractivity contribution in [2.45, 2.75) is 45.1 Å². The molecule has 0 aromatic rings. The molecule has 0 atom stereocenters. The normalized spacial score (nSPS) is 25.4. The molecular formula is C14H30N2O. The maximum Gasteiger partial charge on any atom is 0.0587 e. The highest BCUT2D eigenvalue weighted by molar-refractivity contribution is 4.76. The first-order valence-electron chi connectivity index (χ1n) is 7.14. The number of nitrogens with zero attached hydrogens (tertiary/aromatic N) is 1. The van der Waals surface area contributed by atoms with Gasteiger partial charge in [-0.1, -0.05) is 6.92 Å². The molecule has 1 aliphatic carbocycles. The van der Waals surface area contributed by atoms with Crippen LogP contribution in [0, 0.1) is 5.92 Å². The van der Waals surface area contributed by atoms with Crippen LogP contribution in [0.25, 0.3) is 0 Å². The number of hydrogen-bond acceptors (Lipinski definition) is 3. The zero-order chi connectivity index (χ0) is 12.5. The predicted octanol–water partition coefficient (Wildman–Crippen LogP) is 2.12. The van der Waals surface area contributed by atoms with Crippen molar-refractivity contribution in [3.63, 3.8) is 0 Å². The minimum Gasteiger partial charge on any atom is -0.383 e. The average molecular weight is 242 g/mol. The van der Waals surface area contributed by atoms with Gasteiger partial charge in [-0.25, -0.2) is 0 Å². The van der Waals surface area contributed by atoms with E-state index in [0.29, 0.717) is 0 Å². The number of nitrogens with one attached hydrogen (secondary N) is 1. The van der Waals surface area contributed by atoms with Crippen LogP contribution in [0.3, 0.4) is 0 Å². The van der Waals surface area contributed by atoms with E-state index in [0.717, 1.165) is 31.7 Å². The van der Waals surface area contributed by atoms with E-state index in [1.54, 1.807) is 7.11 Å². The van der Waals surface area contributed by atoms with Crippen LogP contribution < -0.4 is 5.32 Å². The Morgan fingerprint density at radius 2 is 1.88 bits per heavy atom. The smallest absolute Gasteiger partial charge is 0.0587 e. The average Bonchev–Trinajstić information content (AvgIpc) is 2.34. The maximum absolute atomic E-state index is 5.00. The van der Waals surface area contributed by atoms with Crippen LogP contribution >= 0.6 is 0 Å². The van der Waals surface area contributed by atoms with Crippen molar-refractivity contribution in [3.8, 4) is 0 Å². The zero-order valence-corrected chi connectivity index (χ0v) is 11.9. The van der Waals surface area contributed by atoms with Crippen molar-refractivity contribution in [2.75, 3.05) is 40.4 Å². The summed E-state index contributed by atoms with van der Waals surface area (Å²) in [5.41, 5.74) is 0. The Hall–Kier alpha value is -0.120. The van der Waals surface area contributed by atoms with Gasteiger partial charge in [0.05, 0.1) is 6.61 Å². The van der Waals surface area contributed by atoms with Crippen LogP contribution in [-0.4, -0.2) is 51.3 Å². The maximum atomic E-state index is 5.00. The Labute approximate surface area is 107 Å². The standard InChI is InChI=1S/C14H30N2O/c1-13-5-7-14(8-6-13)16(2)11-4-9-15-10-12-17-3/h13-15H,4-12H2,1-3H3. The highest BCUT2D eigenvalue weighted by atomic mass is 16.5. The first-order chi connectivity index (χ1) is 8.24. The van der Waals surface area contributed by atoms with Gasteiger partial charge in [0.25, 0.3) is 0 Å². The summed E-state index contributed by atoms with van der Waals surface area (Å²) in [4.78, 5) is 2.56. The number of ether oxygens (including phenoxy) is 1. The molecule has 0 unspecified atom stereocenters. The molecule has 0 aliphatic heterocycles. The lowest BCUT2D eigenvalue weighted by atomic mass is 9.87. The molecule has 0 bridgehead atoms. The molecule has 0 radical (unpaired) electrons. The van der Waals surface area contributed by atoms with Crippen molar-refractivity contribution in [1.82, 2.24) is 10.2 Å². The summed E-state index contributed by atoms with van der Waals surface area (Å²) in [5.74, 6) is 0.954. The molecule has 0 heterocycles. The highest BCUT2D eigenvalue weighted by Crippen LogP contribution is 2.26. The van der Waals surface area contributed by atoms with E-state index in [-0.39, 0.29) is 0 Å². The van der Waals surface area contributed by atoms with Crippen LogP contribution in [0.4, 0.5) is 0 Å². The van der Waals surface area contributed by atoms with Gasteiger partial charge in [-0.3, -0.25) is 0 Å². The van der Waals surface area contributed by atoms with Crippen LogP contribution in [0.2, 0.25) is 0 Å². The van der Waals surface area contributed by atoms with E-state index in [9.17, 15) is 0 Å². The van der Waals surface area contributed by atoms with Crippen LogP contribution in [0.1, 0.15) is 39.0 Å². The summed E-state index contributed by atoms with van der Waals surface area (Å²) in [7, 11) is 4.04.